The average Bonchev–Trinajstić information content (AvgIpc) is 2.39. The summed E-state index contributed by atoms with van der Waals surface area (Å²) in [6.45, 7) is 0. The highest BCUT2D eigenvalue weighted by atomic mass is 16.5. The van der Waals surface area contributed by atoms with Gasteiger partial charge >= 0.3 is 0 Å². The molecule has 0 heterocycles. The Hall–Kier alpha value is -1.71. The predicted octanol–water partition coefficient (Wildman–Crippen LogP) is 2.68. The normalized spacial score (nSPS) is 16.1. The van der Waals surface area contributed by atoms with Crippen molar-refractivity contribution in [3.05, 3.63) is 23.8 Å². The number of benzene rings is 1. The van der Waals surface area contributed by atoms with E-state index in [1.807, 2.05) is 0 Å². The third-order valence-electron chi connectivity index (χ3n) is 3.49. The van der Waals surface area contributed by atoms with Gasteiger partial charge in [0.15, 0.2) is 0 Å². The molecule has 2 N–H and O–H groups in total. The maximum atomic E-state index is 12.1. The Kier molecular flexibility index (Phi) is 4.30. The van der Waals surface area contributed by atoms with Crippen LogP contribution in [0.25, 0.3) is 0 Å². The first-order valence-corrected chi connectivity index (χ1v) is 6.86. The molecule has 1 aromatic carbocycles. The van der Waals surface area contributed by atoms with Crippen LogP contribution in [0.15, 0.2) is 18.2 Å². The van der Waals surface area contributed by atoms with E-state index >= 15 is 0 Å². The minimum absolute atomic E-state index is 0.0502. The van der Waals surface area contributed by atoms with Gasteiger partial charge in [0.25, 0.3) is 5.91 Å². The monoisotopic (exact) mass is 262 g/mol. The number of anilines is 1. The first kappa shape index (κ1) is 13.7. The van der Waals surface area contributed by atoms with Crippen molar-refractivity contribution in [3.63, 3.8) is 0 Å². The molecule has 0 aromatic heterocycles. The zero-order chi connectivity index (χ0) is 13.8. The zero-order valence-electron chi connectivity index (χ0n) is 11.7. The van der Waals surface area contributed by atoms with Crippen LogP contribution in [0.5, 0.6) is 5.75 Å². The Labute approximate surface area is 114 Å². The number of ether oxygens (including phenoxy) is 1. The number of hydrogen-bond donors (Lipinski definition) is 1. The van der Waals surface area contributed by atoms with Gasteiger partial charge in [0.1, 0.15) is 5.75 Å². The minimum atomic E-state index is -0.0502. The van der Waals surface area contributed by atoms with Crippen molar-refractivity contribution in [3.8, 4) is 5.75 Å². The van der Waals surface area contributed by atoms with Crippen LogP contribution in [-0.4, -0.2) is 31.0 Å². The largest absolute Gasteiger partial charge is 0.490 e. The van der Waals surface area contributed by atoms with Crippen LogP contribution < -0.4 is 10.5 Å². The molecular formula is C15H22N2O2. The number of nitrogen functional groups attached to an aromatic ring is 1. The highest BCUT2D eigenvalue weighted by Gasteiger charge is 2.20. The fourth-order valence-corrected chi connectivity index (χ4v) is 2.42. The zero-order valence-corrected chi connectivity index (χ0v) is 11.7. The second-order valence-corrected chi connectivity index (χ2v) is 5.33. The molecule has 0 unspecified atom stereocenters. The Morgan fingerprint density at radius 1 is 1.26 bits per heavy atom. The number of nitrogens with zero attached hydrogens (tertiary/aromatic N) is 1. The van der Waals surface area contributed by atoms with Gasteiger partial charge in [-0.05, 0) is 37.8 Å². The first-order valence-electron chi connectivity index (χ1n) is 6.86. The molecule has 4 heteroatoms. The molecule has 0 atom stereocenters. The number of amides is 1. The average molecular weight is 262 g/mol. The van der Waals surface area contributed by atoms with Crippen molar-refractivity contribution in [2.45, 2.75) is 38.2 Å². The highest BCUT2D eigenvalue weighted by molar-refractivity contribution is 5.97. The lowest BCUT2D eigenvalue weighted by Crippen LogP contribution is -2.25. The number of rotatable bonds is 3. The van der Waals surface area contributed by atoms with E-state index in [-0.39, 0.29) is 12.0 Å². The highest BCUT2D eigenvalue weighted by Crippen LogP contribution is 2.28. The van der Waals surface area contributed by atoms with Crippen molar-refractivity contribution in [2.75, 3.05) is 19.8 Å². The van der Waals surface area contributed by atoms with E-state index < -0.39 is 0 Å². The molecule has 1 aliphatic carbocycles. The van der Waals surface area contributed by atoms with Crippen LogP contribution >= 0.6 is 0 Å². The van der Waals surface area contributed by atoms with Crippen LogP contribution in [0.1, 0.15) is 42.5 Å². The molecule has 19 heavy (non-hydrogen) atoms. The molecular weight excluding hydrogens is 240 g/mol. The summed E-state index contributed by atoms with van der Waals surface area (Å²) in [7, 11) is 3.48. The van der Waals surface area contributed by atoms with Gasteiger partial charge in [-0.2, -0.15) is 0 Å². The molecule has 4 nitrogen and oxygen atoms in total. The third kappa shape index (κ3) is 3.40. The van der Waals surface area contributed by atoms with Crippen molar-refractivity contribution in [1.29, 1.82) is 0 Å². The van der Waals surface area contributed by atoms with Crippen LogP contribution in [0.4, 0.5) is 5.69 Å². The van der Waals surface area contributed by atoms with Crippen LogP contribution in [-0.2, 0) is 0 Å². The van der Waals surface area contributed by atoms with Crippen LogP contribution in [0, 0.1) is 0 Å². The second kappa shape index (κ2) is 5.95. The Bertz CT molecular complexity index is 451. The molecule has 1 fully saturated rings. The van der Waals surface area contributed by atoms with Gasteiger partial charge in [-0.15, -0.1) is 0 Å². The maximum absolute atomic E-state index is 12.1. The number of carbonyl (C=O) groups is 1. The lowest BCUT2D eigenvalue weighted by Gasteiger charge is -2.24. The fourth-order valence-electron chi connectivity index (χ4n) is 2.42. The van der Waals surface area contributed by atoms with Gasteiger partial charge < -0.3 is 15.4 Å². The standard InChI is InChI=1S/C15H22N2O2/c1-17(2)15(18)13-9-8-11(16)10-14(13)19-12-6-4-3-5-7-12/h8-10,12H,3-7,16H2,1-2H3. The topological polar surface area (TPSA) is 55.6 Å². The van der Waals surface area contributed by atoms with Crippen molar-refractivity contribution in [2.24, 2.45) is 0 Å². The van der Waals surface area contributed by atoms with Crippen LogP contribution in [0.3, 0.4) is 0 Å². The van der Waals surface area contributed by atoms with Gasteiger partial charge in [0.2, 0.25) is 0 Å². The smallest absolute Gasteiger partial charge is 0.257 e. The fraction of sp³-hybridized carbons (Fsp3) is 0.533. The predicted molar refractivity (Wildman–Crippen MR) is 76.4 cm³/mol. The lowest BCUT2D eigenvalue weighted by atomic mass is 9.97. The quantitative estimate of drug-likeness (QED) is 0.852. The minimum Gasteiger partial charge on any atom is -0.490 e. The van der Waals surface area contributed by atoms with Crippen molar-refractivity contribution in [1.82, 2.24) is 4.90 Å². The Morgan fingerprint density at radius 2 is 1.95 bits per heavy atom. The summed E-state index contributed by atoms with van der Waals surface area (Å²) in [4.78, 5) is 13.7. The van der Waals surface area contributed by atoms with E-state index in [0.29, 0.717) is 17.0 Å². The van der Waals surface area contributed by atoms with E-state index in [1.165, 1.54) is 19.3 Å². The van der Waals surface area contributed by atoms with Crippen LogP contribution in [0.2, 0.25) is 0 Å². The van der Waals surface area contributed by atoms with E-state index in [2.05, 4.69) is 0 Å². The summed E-state index contributed by atoms with van der Waals surface area (Å²) in [5.41, 5.74) is 7.02. The van der Waals surface area contributed by atoms with E-state index in [9.17, 15) is 4.79 Å². The molecule has 0 bridgehead atoms. The molecule has 104 valence electrons. The van der Waals surface area contributed by atoms with E-state index in [0.717, 1.165) is 12.8 Å². The summed E-state index contributed by atoms with van der Waals surface area (Å²) in [6.07, 6.45) is 6.01. The van der Waals surface area contributed by atoms with Gasteiger partial charge in [-0.1, -0.05) is 6.42 Å². The SMILES string of the molecule is CN(C)C(=O)c1ccc(N)cc1OC1CCCCC1. The summed E-state index contributed by atoms with van der Waals surface area (Å²) in [5.74, 6) is 0.566. The summed E-state index contributed by atoms with van der Waals surface area (Å²) in [5, 5.41) is 0. The summed E-state index contributed by atoms with van der Waals surface area (Å²) >= 11 is 0. The molecule has 1 aliphatic rings. The third-order valence-corrected chi connectivity index (χ3v) is 3.49. The molecule has 0 spiro atoms. The second-order valence-electron chi connectivity index (χ2n) is 5.33. The molecule has 1 amide bonds. The summed E-state index contributed by atoms with van der Waals surface area (Å²) in [6, 6.07) is 5.24. The molecule has 0 radical (unpaired) electrons. The van der Waals surface area contributed by atoms with Crippen molar-refractivity contribution < 1.29 is 9.53 Å². The molecule has 0 saturated heterocycles. The van der Waals surface area contributed by atoms with Gasteiger partial charge in [-0.25, -0.2) is 0 Å². The van der Waals surface area contributed by atoms with Gasteiger partial charge in [-0.3, -0.25) is 4.79 Å². The number of hydrogen-bond acceptors (Lipinski definition) is 3. The lowest BCUT2D eigenvalue weighted by molar-refractivity contribution is 0.0816. The molecule has 1 saturated carbocycles. The molecule has 1 aromatic rings. The van der Waals surface area contributed by atoms with Gasteiger partial charge in [0.05, 0.1) is 11.7 Å². The van der Waals surface area contributed by atoms with Crippen molar-refractivity contribution >= 4 is 11.6 Å². The summed E-state index contributed by atoms with van der Waals surface area (Å²) < 4.78 is 6.01. The maximum Gasteiger partial charge on any atom is 0.257 e. The Balaban J connectivity index is 2.21. The first-order chi connectivity index (χ1) is 9.08. The molecule has 0 aliphatic heterocycles. The Morgan fingerprint density at radius 3 is 2.58 bits per heavy atom. The molecule has 2 rings (SSSR count). The number of carbonyl (C=O) groups excluding carboxylic acids is 1. The van der Waals surface area contributed by atoms with E-state index in [1.54, 1.807) is 37.2 Å². The number of nitrogens with two attached hydrogens (primary N) is 1. The van der Waals surface area contributed by atoms with Gasteiger partial charge in [0, 0.05) is 25.8 Å². The van der Waals surface area contributed by atoms with E-state index in [4.69, 9.17) is 10.5 Å².